The number of piperidine rings is 1. The Morgan fingerprint density at radius 3 is 2.76 bits per heavy atom. The van der Waals surface area contributed by atoms with Crippen LogP contribution < -0.4 is 10.6 Å². The molecule has 4 heteroatoms. The fourth-order valence-corrected chi connectivity index (χ4v) is 3.71. The highest BCUT2D eigenvalue weighted by atomic mass is 19.1. The molecule has 0 aromatic heterocycles. The Balaban J connectivity index is 1.81. The zero-order chi connectivity index (χ0) is 14.7. The molecule has 3 nitrogen and oxygen atoms in total. The van der Waals surface area contributed by atoms with E-state index in [0.29, 0.717) is 0 Å². The molecule has 21 heavy (non-hydrogen) atoms. The lowest BCUT2D eigenvalue weighted by atomic mass is 9.77. The highest BCUT2D eigenvalue weighted by Crippen LogP contribution is 2.41. The molecule has 1 amide bonds. The lowest BCUT2D eigenvalue weighted by Gasteiger charge is -2.32. The monoisotopic (exact) mass is 290 g/mol. The molecule has 1 saturated heterocycles. The number of hydrogen-bond donors (Lipinski definition) is 2. The first-order chi connectivity index (χ1) is 10.2. The number of carbonyl (C=O) groups is 1. The first kappa shape index (κ1) is 14.5. The van der Waals surface area contributed by atoms with Crippen LogP contribution in [0.25, 0.3) is 0 Å². The number of carbonyl (C=O) groups excluding carboxylic acids is 1. The number of hydrogen-bond acceptors (Lipinski definition) is 2. The Morgan fingerprint density at radius 1 is 1.29 bits per heavy atom. The van der Waals surface area contributed by atoms with Crippen molar-refractivity contribution in [1.29, 1.82) is 0 Å². The predicted octanol–water partition coefficient (Wildman–Crippen LogP) is 2.51. The fourth-order valence-electron chi connectivity index (χ4n) is 3.71. The minimum absolute atomic E-state index is 0.0827. The molecule has 0 radical (unpaired) electrons. The van der Waals surface area contributed by atoms with Crippen molar-refractivity contribution < 1.29 is 9.18 Å². The standard InChI is InChI=1S/C17H23FN2O/c18-14-6-3-5-13(11-14)17(8-1-2-9-17)16(21)20-15-7-4-10-19-12-15/h3,5-6,11,15,19H,1-2,4,7-10,12H2,(H,20,21)/t15-/m0/s1. The van der Waals surface area contributed by atoms with Gasteiger partial charge in [0.15, 0.2) is 0 Å². The van der Waals surface area contributed by atoms with E-state index < -0.39 is 5.41 Å². The van der Waals surface area contributed by atoms with E-state index in [9.17, 15) is 9.18 Å². The fraction of sp³-hybridized carbons (Fsp3) is 0.588. The van der Waals surface area contributed by atoms with Gasteiger partial charge in [-0.2, -0.15) is 0 Å². The molecule has 1 aliphatic carbocycles. The van der Waals surface area contributed by atoms with Gasteiger partial charge in [-0.25, -0.2) is 4.39 Å². The summed E-state index contributed by atoms with van der Waals surface area (Å²) in [5, 5.41) is 6.51. The van der Waals surface area contributed by atoms with Crippen molar-refractivity contribution in [2.45, 2.75) is 50.0 Å². The SMILES string of the molecule is O=C(N[C@H]1CCCNC1)C1(c2cccc(F)c2)CCCC1. The number of benzene rings is 1. The number of amides is 1. The van der Waals surface area contributed by atoms with Gasteiger partial charge in [0.2, 0.25) is 5.91 Å². The zero-order valence-electron chi connectivity index (χ0n) is 12.3. The van der Waals surface area contributed by atoms with Crippen LogP contribution in [-0.4, -0.2) is 25.0 Å². The van der Waals surface area contributed by atoms with Crippen LogP contribution in [-0.2, 0) is 10.2 Å². The maximum absolute atomic E-state index is 13.6. The quantitative estimate of drug-likeness (QED) is 0.898. The van der Waals surface area contributed by atoms with Crippen LogP contribution >= 0.6 is 0 Å². The largest absolute Gasteiger partial charge is 0.351 e. The Morgan fingerprint density at radius 2 is 2.10 bits per heavy atom. The van der Waals surface area contributed by atoms with Gasteiger partial charge in [-0.05, 0) is 49.9 Å². The summed E-state index contributed by atoms with van der Waals surface area (Å²) in [6.07, 6.45) is 5.83. The van der Waals surface area contributed by atoms with Crippen molar-refractivity contribution in [3.05, 3.63) is 35.6 Å². The lowest BCUT2D eigenvalue weighted by Crippen LogP contribution is -2.51. The van der Waals surface area contributed by atoms with E-state index in [2.05, 4.69) is 10.6 Å². The molecular weight excluding hydrogens is 267 g/mol. The van der Waals surface area contributed by atoms with Crippen LogP contribution in [0.4, 0.5) is 4.39 Å². The van der Waals surface area contributed by atoms with E-state index in [-0.39, 0.29) is 17.8 Å². The molecule has 3 rings (SSSR count). The Kier molecular flexibility index (Phi) is 4.24. The van der Waals surface area contributed by atoms with Gasteiger partial charge in [0.05, 0.1) is 5.41 Å². The molecule has 1 aromatic carbocycles. The third-order valence-corrected chi connectivity index (χ3v) is 4.90. The first-order valence-electron chi connectivity index (χ1n) is 7.98. The predicted molar refractivity (Wildman–Crippen MR) is 80.6 cm³/mol. The smallest absolute Gasteiger partial charge is 0.230 e. The Labute approximate surface area is 125 Å². The van der Waals surface area contributed by atoms with Gasteiger partial charge < -0.3 is 10.6 Å². The molecule has 1 atom stereocenters. The molecule has 0 spiro atoms. The topological polar surface area (TPSA) is 41.1 Å². The summed E-state index contributed by atoms with van der Waals surface area (Å²) >= 11 is 0. The molecule has 0 bridgehead atoms. The van der Waals surface area contributed by atoms with Gasteiger partial charge >= 0.3 is 0 Å². The minimum atomic E-state index is -0.528. The molecule has 1 aromatic rings. The normalized spacial score (nSPS) is 24.7. The van der Waals surface area contributed by atoms with Gasteiger partial charge in [-0.3, -0.25) is 4.79 Å². The maximum Gasteiger partial charge on any atom is 0.230 e. The van der Waals surface area contributed by atoms with Crippen LogP contribution in [0.5, 0.6) is 0 Å². The second-order valence-corrected chi connectivity index (χ2v) is 6.32. The van der Waals surface area contributed by atoms with E-state index in [0.717, 1.165) is 57.2 Å². The molecule has 2 aliphatic rings. The molecule has 2 N–H and O–H groups in total. The van der Waals surface area contributed by atoms with E-state index in [1.165, 1.54) is 12.1 Å². The molecule has 1 saturated carbocycles. The summed E-state index contributed by atoms with van der Waals surface area (Å²) < 4.78 is 13.6. The van der Waals surface area contributed by atoms with E-state index >= 15 is 0 Å². The van der Waals surface area contributed by atoms with Gasteiger partial charge in [0.1, 0.15) is 5.82 Å². The summed E-state index contributed by atoms with van der Waals surface area (Å²) in [5.74, 6) is -0.176. The second-order valence-electron chi connectivity index (χ2n) is 6.32. The molecular formula is C17H23FN2O. The minimum Gasteiger partial charge on any atom is -0.351 e. The van der Waals surface area contributed by atoms with Gasteiger partial charge in [-0.15, -0.1) is 0 Å². The van der Waals surface area contributed by atoms with Crippen molar-refractivity contribution in [2.24, 2.45) is 0 Å². The van der Waals surface area contributed by atoms with Gasteiger partial charge in [-0.1, -0.05) is 25.0 Å². The van der Waals surface area contributed by atoms with Crippen LogP contribution in [0.15, 0.2) is 24.3 Å². The summed E-state index contributed by atoms with van der Waals surface area (Å²) in [5.41, 5.74) is 0.306. The highest BCUT2D eigenvalue weighted by molar-refractivity contribution is 5.88. The average molecular weight is 290 g/mol. The van der Waals surface area contributed by atoms with Crippen LogP contribution in [0.3, 0.4) is 0 Å². The summed E-state index contributed by atoms with van der Waals surface area (Å²) in [6, 6.07) is 6.78. The van der Waals surface area contributed by atoms with E-state index in [1.807, 2.05) is 6.07 Å². The molecule has 1 heterocycles. The molecule has 2 fully saturated rings. The summed E-state index contributed by atoms with van der Waals surface area (Å²) in [6.45, 7) is 1.87. The van der Waals surface area contributed by atoms with Gasteiger partial charge in [0, 0.05) is 12.6 Å². The average Bonchev–Trinajstić information content (AvgIpc) is 2.99. The van der Waals surface area contributed by atoms with Crippen LogP contribution in [0, 0.1) is 5.82 Å². The molecule has 0 unspecified atom stereocenters. The van der Waals surface area contributed by atoms with Crippen molar-refractivity contribution in [1.82, 2.24) is 10.6 Å². The van der Waals surface area contributed by atoms with Gasteiger partial charge in [0.25, 0.3) is 0 Å². The Hall–Kier alpha value is -1.42. The van der Waals surface area contributed by atoms with E-state index in [4.69, 9.17) is 0 Å². The second kappa shape index (κ2) is 6.14. The van der Waals surface area contributed by atoms with Crippen molar-refractivity contribution in [3.63, 3.8) is 0 Å². The van der Waals surface area contributed by atoms with Crippen molar-refractivity contribution >= 4 is 5.91 Å². The summed E-state index contributed by atoms with van der Waals surface area (Å²) in [7, 11) is 0. The third-order valence-electron chi connectivity index (χ3n) is 4.90. The van der Waals surface area contributed by atoms with E-state index in [1.54, 1.807) is 6.07 Å². The zero-order valence-corrected chi connectivity index (χ0v) is 12.3. The lowest BCUT2D eigenvalue weighted by molar-refractivity contribution is -0.127. The number of rotatable bonds is 3. The molecule has 1 aliphatic heterocycles. The summed E-state index contributed by atoms with van der Waals surface area (Å²) in [4.78, 5) is 12.9. The number of halogens is 1. The highest BCUT2D eigenvalue weighted by Gasteiger charge is 2.43. The van der Waals surface area contributed by atoms with Crippen molar-refractivity contribution in [2.75, 3.05) is 13.1 Å². The third kappa shape index (κ3) is 2.95. The number of nitrogens with one attached hydrogen (secondary N) is 2. The van der Waals surface area contributed by atoms with Crippen molar-refractivity contribution in [3.8, 4) is 0 Å². The Bertz CT molecular complexity index is 505. The molecule has 114 valence electrons. The first-order valence-corrected chi connectivity index (χ1v) is 7.98. The van der Waals surface area contributed by atoms with Crippen LogP contribution in [0.2, 0.25) is 0 Å². The maximum atomic E-state index is 13.6. The van der Waals surface area contributed by atoms with Crippen LogP contribution in [0.1, 0.15) is 44.1 Å².